The Kier molecular flexibility index (Phi) is 2.70. The molecular formula is C11H12N4S. The summed E-state index contributed by atoms with van der Waals surface area (Å²) in [6.45, 7) is 3.81. The Balaban J connectivity index is 2.62. The normalized spacial score (nSPS) is 10.4. The van der Waals surface area contributed by atoms with Crippen LogP contribution in [0.1, 0.15) is 17.1 Å². The summed E-state index contributed by atoms with van der Waals surface area (Å²) in [7, 11) is 0. The van der Waals surface area contributed by atoms with Crippen LogP contribution in [0.5, 0.6) is 0 Å². The fourth-order valence-electron chi connectivity index (χ4n) is 1.52. The summed E-state index contributed by atoms with van der Waals surface area (Å²) in [4.78, 5) is 9.07. The first-order valence-corrected chi connectivity index (χ1v) is 5.28. The number of thiocarbonyl (C=S) groups is 1. The van der Waals surface area contributed by atoms with Crippen molar-refractivity contribution in [3.05, 3.63) is 41.6 Å². The predicted molar refractivity (Wildman–Crippen MR) is 66.7 cm³/mol. The predicted octanol–water partition coefficient (Wildman–Crippen LogP) is 1.52. The number of aryl methyl sites for hydroxylation is 2. The zero-order valence-corrected chi connectivity index (χ0v) is 9.95. The average molecular weight is 232 g/mol. The fraction of sp³-hybridized carbons (Fsp3) is 0.182. The Bertz CT molecular complexity index is 545. The van der Waals surface area contributed by atoms with E-state index in [4.69, 9.17) is 18.0 Å². The Labute approximate surface area is 99.1 Å². The second-order valence-electron chi connectivity index (χ2n) is 3.55. The second-order valence-corrected chi connectivity index (χ2v) is 3.99. The molecule has 0 spiro atoms. The van der Waals surface area contributed by atoms with Crippen LogP contribution in [-0.4, -0.2) is 19.5 Å². The van der Waals surface area contributed by atoms with E-state index in [1.54, 1.807) is 6.20 Å². The summed E-state index contributed by atoms with van der Waals surface area (Å²) >= 11 is 4.99. The average Bonchev–Trinajstić information content (AvgIpc) is 2.70. The summed E-state index contributed by atoms with van der Waals surface area (Å²) < 4.78 is 1.86. The summed E-state index contributed by atoms with van der Waals surface area (Å²) in [5, 5.41) is 0. The van der Waals surface area contributed by atoms with E-state index in [0.717, 1.165) is 22.9 Å². The highest BCUT2D eigenvalue weighted by molar-refractivity contribution is 7.80. The largest absolute Gasteiger partial charge is 0.388 e. The number of nitrogens with two attached hydrogens (primary N) is 1. The van der Waals surface area contributed by atoms with Crippen molar-refractivity contribution in [2.24, 2.45) is 5.73 Å². The highest BCUT2D eigenvalue weighted by atomic mass is 32.1. The molecule has 4 nitrogen and oxygen atoms in total. The molecule has 16 heavy (non-hydrogen) atoms. The van der Waals surface area contributed by atoms with Crippen molar-refractivity contribution in [2.75, 3.05) is 0 Å². The van der Waals surface area contributed by atoms with Crippen LogP contribution in [0.4, 0.5) is 0 Å². The Morgan fingerprint density at radius 3 is 2.88 bits per heavy atom. The van der Waals surface area contributed by atoms with Crippen molar-refractivity contribution < 1.29 is 0 Å². The Morgan fingerprint density at radius 2 is 2.19 bits per heavy atom. The van der Waals surface area contributed by atoms with Crippen molar-refractivity contribution in [3.8, 4) is 5.82 Å². The lowest BCUT2D eigenvalue weighted by atomic mass is 10.3. The minimum absolute atomic E-state index is 0.354. The maximum absolute atomic E-state index is 5.65. The molecule has 0 saturated heterocycles. The van der Waals surface area contributed by atoms with Gasteiger partial charge in [0, 0.05) is 12.4 Å². The van der Waals surface area contributed by atoms with Gasteiger partial charge in [0.05, 0.1) is 17.1 Å². The summed E-state index contributed by atoms with van der Waals surface area (Å²) in [6, 6.07) is 3.75. The second kappa shape index (κ2) is 4.02. The molecule has 0 amide bonds. The maximum Gasteiger partial charge on any atom is 0.158 e. The van der Waals surface area contributed by atoms with Gasteiger partial charge >= 0.3 is 0 Å². The highest BCUT2D eigenvalue weighted by Gasteiger charge is 2.09. The monoisotopic (exact) mass is 232 g/mol. The molecule has 2 aromatic heterocycles. The van der Waals surface area contributed by atoms with Crippen LogP contribution in [-0.2, 0) is 0 Å². The lowest BCUT2D eigenvalue weighted by molar-refractivity contribution is 0.922. The minimum atomic E-state index is 0.354. The van der Waals surface area contributed by atoms with Crippen molar-refractivity contribution in [2.45, 2.75) is 13.8 Å². The molecule has 2 aromatic rings. The molecule has 0 atom stereocenters. The van der Waals surface area contributed by atoms with Gasteiger partial charge in [0.15, 0.2) is 5.82 Å². The molecule has 82 valence electrons. The van der Waals surface area contributed by atoms with Gasteiger partial charge in [-0.15, -0.1) is 0 Å². The van der Waals surface area contributed by atoms with Gasteiger partial charge in [-0.25, -0.2) is 4.98 Å². The third-order valence-corrected chi connectivity index (χ3v) is 2.49. The van der Waals surface area contributed by atoms with Crippen LogP contribution in [0.25, 0.3) is 5.82 Å². The van der Waals surface area contributed by atoms with Gasteiger partial charge in [-0.05, 0) is 26.0 Å². The quantitative estimate of drug-likeness (QED) is 0.798. The lowest BCUT2D eigenvalue weighted by Gasteiger charge is -2.09. The number of rotatable bonds is 2. The number of nitrogens with zero attached hydrogens (tertiary/aromatic N) is 3. The first-order valence-electron chi connectivity index (χ1n) is 4.87. The number of hydrogen-bond acceptors (Lipinski definition) is 3. The molecular weight excluding hydrogens is 220 g/mol. The standard InChI is InChI=1S/C11H12N4S/c1-7-6-13-8(2)11(14-7)15-5-3-4-9(15)10(12)16/h3-6H,1-2H3,(H2,12,16). The molecule has 0 aromatic carbocycles. The van der Waals surface area contributed by atoms with Gasteiger partial charge in [-0.3, -0.25) is 9.55 Å². The van der Waals surface area contributed by atoms with E-state index >= 15 is 0 Å². The molecule has 2 heterocycles. The van der Waals surface area contributed by atoms with E-state index in [0.29, 0.717) is 4.99 Å². The number of hydrogen-bond donors (Lipinski definition) is 1. The summed E-state index contributed by atoms with van der Waals surface area (Å²) in [5.41, 5.74) is 8.13. The van der Waals surface area contributed by atoms with Crippen molar-refractivity contribution in [1.29, 1.82) is 0 Å². The SMILES string of the molecule is Cc1cnc(C)c(-n2cccc2C(N)=S)n1. The molecule has 5 heteroatoms. The van der Waals surface area contributed by atoms with Gasteiger partial charge in [-0.1, -0.05) is 12.2 Å². The van der Waals surface area contributed by atoms with Crippen LogP contribution in [0.3, 0.4) is 0 Å². The van der Waals surface area contributed by atoms with Gasteiger partial charge in [0.25, 0.3) is 0 Å². The van der Waals surface area contributed by atoms with Gasteiger partial charge in [0.1, 0.15) is 4.99 Å². The molecule has 0 aliphatic heterocycles. The first kappa shape index (κ1) is 10.8. The fourth-order valence-corrected chi connectivity index (χ4v) is 1.69. The molecule has 0 radical (unpaired) electrons. The van der Waals surface area contributed by atoms with E-state index < -0.39 is 0 Å². The highest BCUT2D eigenvalue weighted by Crippen LogP contribution is 2.13. The molecule has 0 unspecified atom stereocenters. The minimum Gasteiger partial charge on any atom is -0.388 e. The number of aromatic nitrogens is 3. The zero-order valence-electron chi connectivity index (χ0n) is 9.14. The van der Waals surface area contributed by atoms with E-state index in [1.807, 2.05) is 36.7 Å². The van der Waals surface area contributed by atoms with Crippen LogP contribution in [0.15, 0.2) is 24.5 Å². The van der Waals surface area contributed by atoms with Gasteiger partial charge < -0.3 is 5.73 Å². The van der Waals surface area contributed by atoms with Crippen LogP contribution < -0.4 is 5.73 Å². The maximum atomic E-state index is 5.65. The molecule has 2 N–H and O–H groups in total. The van der Waals surface area contributed by atoms with E-state index in [9.17, 15) is 0 Å². The topological polar surface area (TPSA) is 56.7 Å². The van der Waals surface area contributed by atoms with E-state index in [-0.39, 0.29) is 0 Å². The Morgan fingerprint density at radius 1 is 1.44 bits per heavy atom. The molecule has 0 bridgehead atoms. The molecule has 2 rings (SSSR count). The van der Waals surface area contributed by atoms with Crippen molar-refractivity contribution >= 4 is 17.2 Å². The summed E-state index contributed by atoms with van der Waals surface area (Å²) in [5.74, 6) is 0.771. The third-order valence-electron chi connectivity index (χ3n) is 2.28. The molecule has 0 aliphatic rings. The van der Waals surface area contributed by atoms with Crippen molar-refractivity contribution in [3.63, 3.8) is 0 Å². The van der Waals surface area contributed by atoms with Gasteiger partial charge in [-0.2, -0.15) is 0 Å². The third kappa shape index (κ3) is 1.81. The van der Waals surface area contributed by atoms with Crippen LogP contribution in [0, 0.1) is 13.8 Å². The van der Waals surface area contributed by atoms with E-state index in [1.165, 1.54) is 0 Å². The van der Waals surface area contributed by atoms with E-state index in [2.05, 4.69) is 9.97 Å². The smallest absolute Gasteiger partial charge is 0.158 e. The van der Waals surface area contributed by atoms with Crippen LogP contribution >= 0.6 is 12.2 Å². The lowest BCUT2D eigenvalue weighted by Crippen LogP contribution is -2.16. The molecule has 0 saturated carbocycles. The first-order chi connectivity index (χ1) is 7.59. The summed E-state index contributed by atoms with van der Waals surface area (Å²) in [6.07, 6.45) is 3.62. The van der Waals surface area contributed by atoms with Gasteiger partial charge in [0.2, 0.25) is 0 Å². The van der Waals surface area contributed by atoms with Crippen LogP contribution in [0.2, 0.25) is 0 Å². The molecule has 0 aliphatic carbocycles. The van der Waals surface area contributed by atoms with Crippen molar-refractivity contribution in [1.82, 2.24) is 14.5 Å². The molecule has 0 fully saturated rings. The zero-order chi connectivity index (χ0) is 11.7. The Hall–Kier alpha value is -1.75.